The van der Waals surface area contributed by atoms with Crippen molar-refractivity contribution in [3.05, 3.63) is 0 Å². The molecule has 0 spiro atoms. The average molecular weight is 280 g/mol. The zero-order valence-corrected chi connectivity index (χ0v) is 14.3. The molecule has 1 N–H and O–H groups in total. The van der Waals surface area contributed by atoms with Gasteiger partial charge in [0.1, 0.15) is 0 Å². The first-order chi connectivity index (χ1) is 9.60. The lowest BCUT2D eigenvalue weighted by Gasteiger charge is -2.40. The Balaban J connectivity index is 1.89. The minimum atomic E-state index is 0.793. The molecule has 20 heavy (non-hydrogen) atoms. The van der Waals surface area contributed by atoms with Gasteiger partial charge in [-0.2, -0.15) is 0 Å². The van der Waals surface area contributed by atoms with Gasteiger partial charge in [0.2, 0.25) is 0 Å². The number of hydrogen-bond donors (Lipinski definition) is 1. The summed E-state index contributed by atoms with van der Waals surface area (Å²) in [6.07, 6.45) is 12.9. The van der Waals surface area contributed by atoms with Crippen molar-refractivity contribution in [1.29, 1.82) is 0 Å². The van der Waals surface area contributed by atoms with Gasteiger partial charge in [-0.05, 0) is 55.8 Å². The van der Waals surface area contributed by atoms with E-state index in [2.05, 4.69) is 33.0 Å². The zero-order chi connectivity index (χ0) is 14.5. The fourth-order valence-corrected chi connectivity index (χ4v) is 4.65. The van der Waals surface area contributed by atoms with Gasteiger partial charge in [0, 0.05) is 12.1 Å². The van der Waals surface area contributed by atoms with Crippen molar-refractivity contribution in [1.82, 2.24) is 5.32 Å². The number of nitrogens with one attached hydrogen (secondary N) is 1. The van der Waals surface area contributed by atoms with Crippen LogP contribution in [0.2, 0.25) is 0 Å². The molecule has 0 aromatic rings. The minimum Gasteiger partial charge on any atom is -0.311 e. The van der Waals surface area contributed by atoms with Gasteiger partial charge < -0.3 is 5.32 Å². The second-order valence-electron chi connectivity index (χ2n) is 8.08. The summed E-state index contributed by atoms with van der Waals surface area (Å²) < 4.78 is 0. The lowest BCUT2D eigenvalue weighted by molar-refractivity contribution is 0.155. The zero-order valence-electron chi connectivity index (χ0n) is 14.3. The summed E-state index contributed by atoms with van der Waals surface area (Å²) in [6.45, 7) is 9.67. The van der Waals surface area contributed by atoms with Crippen molar-refractivity contribution in [2.45, 2.75) is 97.6 Å². The fourth-order valence-electron chi connectivity index (χ4n) is 4.65. The monoisotopic (exact) mass is 279 g/mol. The molecule has 0 amide bonds. The molecule has 2 aliphatic rings. The molecule has 5 unspecified atom stereocenters. The lowest BCUT2D eigenvalue weighted by atomic mass is 9.73. The van der Waals surface area contributed by atoms with E-state index in [-0.39, 0.29) is 0 Å². The molecule has 2 fully saturated rings. The van der Waals surface area contributed by atoms with Gasteiger partial charge in [-0.3, -0.25) is 0 Å². The Morgan fingerprint density at radius 1 is 1.00 bits per heavy atom. The molecule has 2 saturated carbocycles. The van der Waals surface area contributed by atoms with Crippen molar-refractivity contribution < 1.29 is 0 Å². The molecule has 118 valence electrons. The van der Waals surface area contributed by atoms with Crippen LogP contribution in [0, 0.1) is 23.7 Å². The van der Waals surface area contributed by atoms with Crippen LogP contribution in [0.5, 0.6) is 0 Å². The van der Waals surface area contributed by atoms with Crippen LogP contribution in [0.15, 0.2) is 0 Å². The van der Waals surface area contributed by atoms with Crippen molar-refractivity contribution in [3.63, 3.8) is 0 Å². The van der Waals surface area contributed by atoms with E-state index in [9.17, 15) is 0 Å². The van der Waals surface area contributed by atoms with E-state index in [1.165, 1.54) is 57.8 Å². The summed E-state index contributed by atoms with van der Waals surface area (Å²) in [5.41, 5.74) is 0. The van der Waals surface area contributed by atoms with Crippen LogP contribution in [-0.4, -0.2) is 12.1 Å². The molecule has 1 nitrogen and oxygen atoms in total. The Kier molecular flexibility index (Phi) is 6.39. The maximum Gasteiger partial charge on any atom is 0.0103 e. The summed E-state index contributed by atoms with van der Waals surface area (Å²) >= 11 is 0. The third-order valence-electron chi connectivity index (χ3n) is 6.14. The van der Waals surface area contributed by atoms with E-state index in [0.717, 1.165) is 35.8 Å². The largest absolute Gasteiger partial charge is 0.311 e. The van der Waals surface area contributed by atoms with Crippen molar-refractivity contribution in [2.24, 2.45) is 23.7 Å². The summed E-state index contributed by atoms with van der Waals surface area (Å²) in [6, 6.07) is 1.60. The van der Waals surface area contributed by atoms with Crippen molar-refractivity contribution in [2.75, 3.05) is 0 Å². The first-order valence-corrected chi connectivity index (χ1v) is 9.36. The van der Waals surface area contributed by atoms with Crippen LogP contribution >= 0.6 is 0 Å². The van der Waals surface area contributed by atoms with E-state index < -0.39 is 0 Å². The van der Waals surface area contributed by atoms with Gasteiger partial charge in [-0.25, -0.2) is 0 Å². The van der Waals surface area contributed by atoms with Gasteiger partial charge in [0.25, 0.3) is 0 Å². The molecule has 0 heterocycles. The Hall–Kier alpha value is -0.0400. The molecule has 0 saturated heterocycles. The minimum absolute atomic E-state index is 0.793. The normalized spacial score (nSPS) is 39.8. The Morgan fingerprint density at radius 2 is 1.80 bits per heavy atom. The summed E-state index contributed by atoms with van der Waals surface area (Å²) in [4.78, 5) is 0. The van der Waals surface area contributed by atoms with Gasteiger partial charge in [0.15, 0.2) is 0 Å². The molecule has 2 rings (SSSR count). The smallest absolute Gasteiger partial charge is 0.0103 e. The molecular weight excluding hydrogens is 242 g/mol. The molecular formula is C19H37N. The van der Waals surface area contributed by atoms with Crippen molar-refractivity contribution in [3.8, 4) is 0 Å². The van der Waals surface area contributed by atoms with E-state index in [4.69, 9.17) is 0 Å². The topological polar surface area (TPSA) is 12.0 Å². The van der Waals surface area contributed by atoms with Crippen molar-refractivity contribution >= 4 is 0 Å². The summed E-state index contributed by atoms with van der Waals surface area (Å²) in [5.74, 6) is 3.69. The SMILES string of the molecule is CCC1CCCC(NC2CC(C)CCC2C(C)C)CC1. The molecule has 0 aromatic heterocycles. The molecule has 0 aromatic carbocycles. The van der Waals surface area contributed by atoms with Gasteiger partial charge in [-0.1, -0.05) is 53.4 Å². The maximum absolute atomic E-state index is 4.10. The van der Waals surface area contributed by atoms with Crippen LogP contribution in [0.4, 0.5) is 0 Å². The highest BCUT2D eigenvalue weighted by Gasteiger charge is 2.32. The Labute approximate surface area is 127 Å². The van der Waals surface area contributed by atoms with E-state index >= 15 is 0 Å². The lowest BCUT2D eigenvalue weighted by Crippen LogP contribution is -2.47. The van der Waals surface area contributed by atoms with Crippen LogP contribution in [0.1, 0.15) is 85.5 Å². The van der Waals surface area contributed by atoms with Crippen LogP contribution in [-0.2, 0) is 0 Å². The summed E-state index contributed by atoms with van der Waals surface area (Å²) in [5, 5.41) is 4.10. The number of hydrogen-bond acceptors (Lipinski definition) is 1. The predicted octanol–water partition coefficient (Wildman–Crippen LogP) is 5.40. The van der Waals surface area contributed by atoms with E-state index in [1.807, 2.05) is 0 Å². The van der Waals surface area contributed by atoms with Gasteiger partial charge >= 0.3 is 0 Å². The highest BCUT2D eigenvalue weighted by Crippen LogP contribution is 2.35. The first-order valence-electron chi connectivity index (χ1n) is 9.36. The highest BCUT2D eigenvalue weighted by atomic mass is 15.0. The second-order valence-corrected chi connectivity index (χ2v) is 8.08. The molecule has 2 aliphatic carbocycles. The summed E-state index contributed by atoms with van der Waals surface area (Å²) in [7, 11) is 0. The second kappa shape index (κ2) is 7.82. The third kappa shape index (κ3) is 4.48. The standard InChI is InChI=1S/C19H37N/c1-5-16-7-6-8-17(11-10-16)20-19-13-15(4)9-12-18(19)14(2)3/h14-20H,5-13H2,1-4H3. The number of rotatable bonds is 4. The van der Waals surface area contributed by atoms with E-state index in [0.29, 0.717) is 0 Å². The molecule has 0 radical (unpaired) electrons. The Morgan fingerprint density at radius 3 is 2.50 bits per heavy atom. The van der Waals surface area contributed by atoms with E-state index in [1.54, 1.807) is 0 Å². The third-order valence-corrected chi connectivity index (χ3v) is 6.14. The van der Waals surface area contributed by atoms with Crippen LogP contribution in [0.25, 0.3) is 0 Å². The van der Waals surface area contributed by atoms with Crippen LogP contribution in [0.3, 0.4) is 0 Å². The molecule has 0 aliphatic heterocycles. The average Bonchev–Trinajstić information content (AvgIpc) is 2.63. The molecule has 1 heteroatoms. The predicted molar refractivity (Wildman–Crippen MR) is 88.9 cm³/mol. The Bertz CT molecular complexity index is 273. The van der Waals surface area contributed by atoms with Gasteiger partial charge in [-0.15, -0.1) is 0 Å². The molecule has 5 atom stereocenters. The quantitative estimate of drug-likeness (QED) is 0.680. The van der Waals surface area contributed by atoms with Crippen LogP contribution < -0.4 is 5.32 Å². The molecule has 0 bridgehead atoms. The maximum atomic E-state index is 4.10. The fraction of sp³-hybridized carbons (Fsp3) is 1.00. The van der Waals surface area contributed by atoms with Gasteiger partial charge in [0.05, 0.1) is 0 Å². The first kappa shape index (κ1) is 16.3. The highest BCUT2D eigenvalue weighted by molar-refractivity contribution is 4.88.